The Kier molecular flexibility index (Phi) is 68.3. The Labute approximate surface area is 565 Å². The molecule has 6 atom stereocenters. The van der Waals surface area contributed by atoms with Crippen LogP contribution in [0.15, 0.2) is 0 Å². The van der Waals surface area contributed by atoms with Gasteiger partial charge in [0.25, 0.3) is 0 Å². The van der Waals surface area contributed by atoms with Gasteiger partial charge in [-0.15, -0.1) is 0 Å². The Morgan fingerprint density at radius 3 is 0.867 bits per heavy atom. The number of carboxylic acid groups (broad SMARTS) is 1. The summed E-state index contributed by atoms with van der Waals surface area (Å²) >= 11 is 0. The number of aliphatic hydroxyl groups excluding tert-OH is 1. The standard InChI is InChI=1S/C85H166O5/c1-5-7-9-11-13-15-17-19-21-23-24-25-26-31-38-44-50-56-62-68-74-81(85(88)89)83(86)75-69-63-57-51-45-39-32-28-27-30-37-43-49-55-61-67-73-80-77-82(80)78(3)71-65-59-53-47-41-35-33-34-40-46-52-58-64-70-76-84(87)90-79(4)72-66-60-54-48-42-36-29-22-20-18-16-14-12-10-8-6-2/h78-83,86H,5-77H2,1-4H3,(H,88,89)/t78-,79-,80-,81+,82+,83+/m0/s1. The van der Waals surface area contributed by atoms with E-state index in [4.69, 9.17) is 4.74 Å². The van der Waals surface area contributed by atoms with Crippen molar-refractivity contribution >= 4 is 11.9 Å². The lowest BCUT2D eigenvalue weighted by Gasteiger charge is -2.19. The van der Waals surface area contributed by atoms with Gasteiger partial charge in [-0.1, -0.05) is 445 Å². The quantitative estimate of drug-likeness (QED) is 0.0468. The molecule has 0 radical (unpaired) electrons. The Bertz CT molecular complexity index is 1410. The number of carbonyl (C=O) groups is 2. The van der Waals surface area contributed by atoms with Crippen molar-refractivity contribution in [2.75, 3.05) is 0 Å². The molecule has 536 valence electrons. The number of esters is 1. The van der Waals surface area contributed by atoms with E-state index in [1.807, 2.05) is 0 Å². The maximum Gasteiger partial charge on any atom is 0.309 e. The number of aliphatic carboxylic acids is 1. The van der Waals surface area contributed by atoms with E-state index < -0.39 is 18.0 Å². The van der Waals surface area contributed by atoms with Crippen LogP contribution in [0.5, 0.6) is 0 Å². The van der Waals surface area contributed by atoms with E-state index in [0.29, 0.717) is 19.3 Å². The van der Waals surface area contributed by atoms with Gasteiger partial charge < -0.3 is 14.9 Å². The highest BCUT2D eigenvalue weighted by atomic mass is 16.5. The van der Waals surface area contributed by atoms with Crippen LogP contribution in [0.2, 0.25) is 0 Å². The zero-order chi connectivity index (χ0) is 64.9. The molecule has 1 fully saturated rings. The third kappa shape index (κ3) is 63.0. The SMILES string of the molecule is CCCCCCCCCCCCCCCCCCCCCC[C@@H](C(=O)O)[C@H](O)CCCCCCCCCCCCCCCCCC[C@H]1C[C@@H]1[C@@H](C)CCCCCCCCCCCCCCCCC(=O)O[C@@H](C)CCCCCCCCCCCCCCCCCC. The minimum atomic E-state index is -0.801. The predicted octanol–water partition coefficient (Wildman–Crippen LogP) is 29.4. The van der Waals surface area contributed by atoms with Gasteiger partial charge in [-0.2, -0.15) is 0 Å². The largest absolute Gasteiger partial charge is 0.481 e. The first-order valence-electron chi connectivity index (χ1n) is 42.4. The number of hydrogen-bond acceptors (Lipinski definition) is 4. The topological polar surface area (TPSA) is 83.8 Å². The second-order valence-corrected chi connectivity index (χ2v) is 30.8. The number of unbranched alkanes of at least 4 members (excludes halogenated alkanes) is 62. The van der Waals surface area contributed by atoms with Crippen LogP contribution >= 0.6 is 0 Å². The van der Waals surface area contributed by atoms with E-state index in [1.54, 1.807) is 0 Å². The molecule has 2 N–H and O–H groups in total. The molecule has 1 rings (SSSR count). The summed E-state index contributed by atoms with van der Waals surface area (Å²) in [6.45, 7) is 9.25. The molecule has 0 bridgehead atoms. The summed E-state index contributed by atoms with van der Waals surface area (Å²) in [5, 5.41) is 20.6. The monoisotopic (exact) mass is 1270 g/mol. The Morgan fingerprint density at radius 2 is 0.567 bits per heavy atom. The van der Waals surface area contributed by atoms with E-state index in [0.717, 1.165) is 56.3 Å². The minimum absolute atomic E-state index is 0.0272. The Balaban J connectivity index is 1.77. The molecule has 1 aliphatic rings. The summed E-state index contributed by atoms with van der Waals surface area (Å²) in [6.07, 6.45) is 96.8. The van der Waals surface area contributed by atoms with Gasteiger partial charge in [-0.05, 0) is 63.2 Å². The highest BCUT2D eigenvalue weighted by Gasteiger charge is 2.39. The Morgan fingerprint density at radius 1 is 0.322 bits per heavy atom. The van der Waals surface area contributed by atoms with Crippen molar-refractivity contribution in [3.8, 4) is 0 Å². The van der Waals surface area contributed by atoms with E-state index in [9.17, 15) is 19.8 Å². The van der Waals surface area contributed by atoms with Gasteiger partial charge in [0.05, 0.1) is 18.1 Å². The van der Waals surface area contributed by atoms with Crippen molar-refractivity contribution in [1.82, 2.24) is 0 Å². The van der Waals surface area contributed by atoms with Gasteiger partial charge >= 0.3 is 11.9 Å². The molecular formula is C85H166O5. The maximum atomic E-state index is 12.4. The summed E-state index contributed by atoms with van der Waals surface area (Å²) in [4.78, 5) is 24.3. The van der Waals surface area contributed by atoms with Gasteiger partial charge in [0, 0.05) is 6.42 Å². The number of ether oxygens (including phenoxy) is 1. The summed E-state index contributed by atoms with van der Waals surface area (Å²) in [7, 11) is 0. The third-order valence-corrected chi connectivity index (χ3v) is 21.8. The van der Waals surface area contributed by atoms with E-state index in [2.05, 4.69) is 27.7 Å². The van der Waals surface area contributed by atoms with Crippen molar-refractivity contribution in [2.24, 2.45) is 23.7 Å². The van der Waals surface area contributed by atoms with Crippen LogP contribution in [0.25, 0.3) is 0 Å². The third-order valence-electron chi connectivity index (χ3n) is 21.8. The first-order chi connectivity index (χ1) is 44.3. The second-order valence-electron chi connectivity index (χ2n) is 30.8. The number of carboxylic acids is 1. The molecule has 0 aromatic rings. The van der Waals surface area contributed by atoms with Gasteiger partial charge in [0.1, 0.15) is 0 Å². The average Bonchev–Trinajstić information content (AvgIpc) is 4.29. The molecular weight excluding hydrogens is 1100 g/mol. The predicted molar refractivity (Wildman–Crippen MR) is 397 cm³/mol. The number of aliphatic hydroxyl groups is 1. The van der Waals surface area contributed by atoms with Crippen molar-refractivity contribution in [3.63, 3.8) is 0 Å². The molecule has 5 heteroatoms. The van der Waals surface area contributed by atoms with E-state index >= 15 is 0 Å². The fourth-order valence-corrected chi connectivity index (χ4v) is 15.2. The molecule has 0 aliphatic heterocycles. The number of hydrogen-bond donors (Lipinski definition) is 2. The number of rotatable bonds is 78. The van der Waals surface area contributed by atoms with Crippen LogP contribution in [0.3, 0.4) is 0 Å². The van der Waals surface area contributed by atoms with Crippen LogP contribution in [0.1, 0.15) is 496 Å². The van der Waals surface area contributed by atoms with Gasteiger partial charge in [0.2, 0.25) is 0 Å². The lowest BCUT2D eigenvalue weighted by atomic mass is 9.91. The molecule has 0 aromatic heterocycles. The normalized spacial score (nSPS) is 15.4. The molecule has 0 heterocycles. The molecule has 1 aliphatic carbocycles. The fourth-order valence-electron chi connectivity index (χ4n) is 15.2. The molecule has 0 saturated heterocycles. The van der Waals surface area contributed by atoms with E-state index in [-0.39, 0.29) is 12.1 Å². The molecule has 0 amide bonds. The molecule has 0 aromatic carbocycles. The molecule has 5 nitrogen and oxygen atoms in total. The highest BCUT2D eigenvalue weighted by Crippen LogP contribution is 2.49. The first kappa shape index (κ1) is 86.9. The zero-order valence-electron chi connectivity index (χ0n) is 62.2. The molecule has 90 heavy (non-hydrogen) atoms. The highest BCUT2D eigenvalue weighted by molar-refractivity contribution is 5.70. The van der Waals surface area contributed by atoms with Crippen molar-refractivity contribution in [3.05, 3.63) is 0 Å². The zero-order valence-corrected chi connectivity index (χ0v) is 62.2. The summed E-state index contributed by atoms with van der Waals surface area (Å²) < 4.78 is 5.73. The van der Waals surface area contributed by atoms with Crippen molar-refractivity contribution in [2.45, 2.75) is 509 Å². The Hall–Kier alpha value is -1.10. The first-order valence-corrected chi connectivity index (χ1v) is 42.4. The lowest BCUT2D eigenvalue weighted by molar-refractivity contribution is -0.149. The summed E-state index contributed by atoms with van der Waals surface area (Å²) in [6, 6.07) is 0. The van der Waals surface area contributed by atoms with Gasteiger partial charge in [0.15, 0.2) is 0 Å². The average molecular weight is 1270 g/mol. The molecule has 1 saturated carbocycles. The van der Waals surface area contributed by atoms with Crippen molar-refractivity contribution < 1.29 is 24.5 Å². The van der Waals surface area contributed by atoms with E-state index in [1.165, 1.54) is 411 Å². The smallest absolute Gasteiger partial charge is 0.309 e. The molecule has 0 unspecified atom stereocenters. The van der Waals surface area contributed by atoms with Crippen LogP contribution in [0, 0.1) is 23.7 Å². The lowest BCUT2D eigenvalue weighted by Crippen LogP contribution is -2.28. The minimum Gasteiger partial charge on any atom is -0.481 e. The second kappa shape index (κ2) is 70.7. The van der Waals surface area contributed by atoms with Crippen LogP contribution < -0.4 is 0 Å². The summed E-state index contributed by atoms with van der Waals surface area (Å²) in [5.41, 5.74) is 0. The maximum absolute atomic E-state index is 12.4. The summed E-state index contributed by atoms with van der Waals surface area (Å²) in [5.74, 6) is 1.69. The molecule has 0 spiro atoms. The van der Waals surface area contributed by atoms with Gasteiger partial charge in [-0.25, -0.2) is 0 Å². The number of carbonyl (C=O) groups excluding carboxylic acids is 1. The van der Waals surface area contributed by atoms with Gasteiger partial charge in [-0.3, -0.25) is 9.59 Å². The van der Waals surface area contributed by atoms with Crippen LogP contribution in [-0.2, 0) is 14.3 Å². The van der Waals surface area contributed by atoms with Crippen LogP contribution in [-0.4, -0.2) is 34.4 Å². The fraction of sp³-hybridized carbons (Fsp3) is 0.976. The van der Waals surface area contributed by atoms with Crippen LogP contribution in [0.4, 0.5) is 0 Å². The van der Waals surface area contributed by atoms with Crippen molar-refractivity contribution in [1.29, 1.82) is 0 Å².